The zero-order valence-electron chi connectivity index (χ0n) is 22.6. The van der Waals surface area contributed by atoms with E-state index < -0.39 is 0 Å². The summed E-state index contributed by atoms with van der Waals surface area (Å²) in [7, 11) is 2.20. The van der Waals surface area contributed by atoms with Crippen LogP contribution in [0.2, 0.25) is 0 Å². The van der Waals surface area contributed by atoms with Gasteiger partial charge < -0.3 is 24.8 Å². The molecule has 198 valence electrons. The maximum Gasteiger partial charge on any atom is 0.318 e. The van der Waals surface area contributed by atoms with Gasteiger partial charge in [-0.2, -0.15) is 9.97 Å². The highest BCUT2D eigenvalue weighted by Gasteiger charge is 2.36. The number of fused-ring (bicyclic) bond motifs is 4. The van der Waals surface area contributed by atoms with Gasteiger partial charge in [-0.05, 0) is 88.1 Å². The first kappa shape index (κ1) is 23.7. The number of benzene rings is 1. The van der Waals surface area contributed by atoms with E-state index in [1.807, 2.05) is 0 Å². The number of ether oxygens (including phenoxy) is 1. The SMILES string of the molecule is CC1CCCc2cccc(N3CCc4c(nc(OCC5CCCN5C)nc4N4C[C@H]5CC[C@@H](C4)N5)C3)c21. The molecule has 1 N–H and O–H groups in total. The van der Waals surface area contributed by atoms with E-state index in [4.69, 9.17) is 14.7 Å². The second-order valence-electron chi connectivity index (χ2n) is 12.2. The first-order chi connectivity index (χ1) is 18.1. The molecule has 2 aromatic rings. The van der Waals surface area contributed by atoms with Crippen LogP contribution < -0.4 is 19.9 Å². The van der Waals surface area contributed by atoms with Crippen LogP contribution in [-0.2, 0) is 19.4 Å². The molecule has 3 fully saturated rings. The number of aryl methyl sites for hydroxylation is 1. The largest absolute Gasteiger partial charge is 0.462 e. The highest BCUT2D eigenvalue weighted by atomic mass is 16.5. The van der Waals surface area contributed by atoms with Crippen LogP contribution >= 0.6 is 0 Å². The van der Waals surface area contributed by atoms with E-state index >= 15 is 0 Å². The fourth-order valence-electron chi connectivity index (χ4n) is 7.66. The summed E-state index contributed by atoms with van der Waals surface area (Å²) in [5.74, 6) is 1.77. The summed E-state index contributed by atoms with van der Waals surface area (Å²) in [6, 6.07) is 9.15. The molecular formula is C30H42N6O. The Balaban J connectivity index is 1.21. The maximum atomic E-state index is 6.35. The third-order valence-corrected chi connectivity index (χ3v) is 9.71. The van der Waals surface area contributed by atoms with Crippen molar-refractivity contribution in [3.63, 3.8) is 0 Å². The topological polar surface area (TPSA) is 56.8 Å². The number of aromatic nitrogens is 2. The minimum absolute atomic E-state index is 0.465. The van der Waals surface area contributed by atoms with Crippen molar-refractivity contribution in [2.75, 3.05) is 49.6 Å². The van der Waals surface area contributed by atoms with Crippen molar-refractivity contribution in [1.29, 1.82) is 0 Å². The molecule has 2 unspecified atom stereocenters. The van der Waals surface area contributed by atoms with Gasteiger partial charge in [0.2, 0.25) is 0 Å². The van der Waals surface area contributed by atoms with E-state index in [2.05, 4.69) is 52.2 Å². The molecule has 7 nitrogen and oxygen atoms in total. The molecule has 7 rings (SSSR count). The summed E-state index contributed by atoms with van der Waals surface area (Å²) in [5, 5.41) is 3.78. The zero-order valence-corrected chi connectivity index (χ0v) is 22.6. The Labute approximate surface area is 221 Å². The van der Waals surface area contributed by atoms with Crippen LogP contribution in [0.15, 0.2) is 18.2 Å². The highest BCUT2D eigenvalue weighted by Crippen LogP contribution is 2.40. The van der Waals surface area contributed by atoms with Crippen LogP contribution in [0, 0.1) is 0 Å². The molecule has 37 heavy (non-hydrogen) atoms. The number of nitrogens with one attached hydrogen (secondary N) is 1. The van der Waals surface area contributed by atoms with Gasteiger partial charge in [0.25, 0.3) is 0 Å². The summed E-state index contributed by atoms with van der Waals surface area (Å²) in [5.41, 5.74) is 7.06. The molecule has 5 heterocycles. The van der Waals surface area contributed by atoms with E-state index in [9.17, 15) is 0 Å². The molecular weight excluding hydrogens is 460 g/mol. The molecule has 4 aliphatic heterocycles. The second kappa shape index (κ2) is 9.73. The fraction of sp³-hybridized carbons (Fsp3) is 0.667. The summed E-state index contributed by atoms with van der Waals surface area (Å²) >= 11 is 0. The summed E-state index contributed by atoms with van der Waals surface area (Å²) in [6.07, 6.45) is 9.80. The average molecular weight is 503 g/mol. The molecule has 5 aliphatic rings. The molecule has 0 amide bonds. The van der Waals surface area contributed by atoms with Crippen molar-refractivity contribution >= 4 is 11.5 Å². The Hall–Kier alpha value is -2.38. The standard InChI is InChI=1S/C30H42N6O/c1-20-6-3-7-21-8-4-10-27(28(20)21)35-15-13-25-26(18-35)32-30(37-19-24-9-5-14-34(24)2)33-29(25)36-16-22-11-12-23(17-36)31-22/h4,8,10,20,22-24,31H,3,5-7,9,11-19H2,1-2H3/t20?,22-,23+,24?. The molecule has 1 aliphatic carbocycles. The predicted molar refractivity (Wildman–Crippen MR) is 148 cm³/mol. The van der Waals surface area contributed by atoms with Crippen molar-refractivity contribution < 1.29 is 4.74 Å². The van der Waals surface area contributed by atoms with Gasteiger partial charge in [-0.15, -0.1) is 0 Å². The van der Waals surface area contributed by atoms with Crippen molar-refractivity contribution in [2.24, 2.45) is 0 Å². The molecule has 2 bridgehead atoms. The van der Waals surface area contributed by atoms with Gasteiger partial charge in [-0.3, -0.25) is 0 Å². The molecule has 0 spiro atoms. The molecule has 7 heteroatoms. The summed E-state index contributed by atoms with van der Waals surface area (Å²) < 4.78 is 6.35. The van der Waals surface area contributed by atoms with E-state index in [0.717, 1.165) is 50.7 Å². The number of hydrogen-bond donors (Lipinski definition) is 1. The third-order valence-electron chi connectivity index (χ3n) is 9.71. The molecule has 1 aromatic heterocycles. The van der Waals surface area contributed by atoms with E-state index in [1.165, 1.54) is 56.2 Å². The van der Waals surface area contributed by atoms with Crippen LogP contribution in [-0.4, -0.2) is 72.8 Å². The minimum Gasteiger partial charge on any atom is -0.462 e. The van der Waals surface area contributed by atoms with Gasteiger partial charge in [-0.25, -0.2) is 0 Å². The third kappa shape index (κ3) is 4.48. The van der Waals surface area contributed by atoms with Gasteiger partial charge in [0, 0.05) is 49.0 Å². The fourth-order valence-corrected chi connectivity index (χ4v) is 7.66. The van der Waals surface area contributed by atoms with Crippen molar-refractivity contribution in [2.45, 2.75) is 88.9 Å². The number of likely N-dealkylation sites (tertiary alicyclic amines) is 1. The van der Waals surface area contributed by atoms with Gasteiger partial charge in [0.05, 0.1) is 12.2 Å². The van der Waals surface area contributed by atoms with Crippen LogP contribution in [0.1, 0.15) is 73.8 Å². The molecule has 3 saturated heterocycles. The summed E-state index contributed by atoms with van der Waals surface area (Å²) in [4.78, 5) is 17.7. The first-order valence-electron chi connectivity index (χ1n) is 14.7. The Kier molecular flexibility index (Phi) is 6.24. The van der Waals surface area contributed by atoms with Crippen LogP contribution in [0.25, 0.3) is 0 Å². The smallest absolute Gasteiger partial charge is 0.318 e. The number of rotatable bonds is 5. The van der Waals surface area contributed by atoms with Crippen LogP contribution in [0.5, 0.6) is 6.01 Å². The molecule has 0 saturated carbocycles. The Morgan fingerprint density at radius 3 is 2.65 bits per heavy atom. The first-order valence-corrected chi connectivity index (χ1v) is 14.7. The van der Waals surface area contributed by atoms with Crippen molar-refractivity contribution in [1.82, 2.24) is 20.2 Å². The zero-order chi connectivity index (χ0) is 24.9. The number of likely N-dealkylation sites (N-methyl/N-ethyl adjacent to an activating group) is 1. The minimum atomic E-state index is 0.465. The van der Waals surface area contributed by atoms with E-state index in [1.54, 1.807) is 11.1 Å². The lowest BCUT2D eigenvalue weighted by Crippen LogP contribution is -2.52. The van der Waals surface area contributed by atoms with Gasteiger partial charge in [0.15, 0.2) is 0 Å². The Morgan fingerprint density at radius 1 is 0.973 bits per heavy atom. The predicted octanol–water partition coefficient (Wildman–Crippen LogP) is 3.89. The summed E-state index contributed by atoms with van der Waals surface area (Å²) in [6.45, 7) is 8.18. The molecule has 1 aromatic carbocycles. The van der Waals surface area contributed by atoms with Crippen LogP contribution in [0.4, 0.5) is 11.5 Å². The Bertz CT molecular complexity index is 1140. The lowest BCUT2D eigenvalue weighted by atomic mass is 9.82. The molecule has 0 radical (unpaired) electrons. The number of piperazine rings is 1. The van der Waals surface area contributed by atoms with Gasteiger partial charge in [-0.1, -0.05) is 19.1 Å². The number of nitrogens with zero attached hydrogens (tertiary/aromatic N) is 5. The quantitative estimate of drug-likeness (QED) is 0.666. The van der Waals surface area contributed by atoms with E-state index in [0.29, 0.717) is 36.7 Å². The average Bonchev–Trinajstić information content (AvgIpc) is 3.49. The van der Waals surface area contributed by atoms with Gasteiger partial charge >= 0.3 is 6.01 Å². The van der Waals surface area contributed by atoms with E-state index in [-0.39, 0.29) is 0 Å². The Morgan fingerprint density at radius 2 is 1.84 bits per heavy atom. The van der Waals surface area contributed by atoms with Crippen molar-refractivity contribution in [3.05, 3.63) is 40.6 Å². The highest BCUT2D eigenvalue weighted by molar-refractivity contribution is 5.62. The van der Waals surface area contributed by atoms with Crippen molar-refractivity contribution in [3.8, 4) is 6.01 Å². The lowest BCUT2D eigenvalue weighted by molar-refractivity contribution is 0.187. The normalized spacial score (nSPS) is 29.4. The number of hydrogen-bond acceptors (Lipinski definition) is 7. The molecule has 4 atom stereocenters. The number of anilines is 2. The van der Waals surface area contributed by atoms with Crippen LogP contribution in [0.3, 0.4) is 0 Å². The monoisotopic (exact) mass is 502 g/mol. The maximum absolute atomic E-state index is 6.35. The van der Waals surface area contributed by atoms with Gasteiger partial charge in [0.1, 0.15) is 12.4 Å². The second-order valence-corrected chi connectivity index (χ2v) is 12.2. The lowest BCUT2D eigenvalue weighted by Gasteiger charge is -2.38.